The van der Waals surface area contributed by atoms with Gasteiger partial charge < -0.3 is 15.5 Å². The highest BCUT2D eigenvalue weighted by Crippen LogP contribution is 2.29. The predicted molar refractivity (Wildman–Crippen MR) is 127 cm³/mol. The molecule has 2 aromatic rings. The standard InChI is InChI=1S/C26H35N3O2/c1-18(2)16-25(30)28-22-10-11-24(29-14-12-19(3)13-15-29)23(17-22)26(31)27-20(4)21-8-6-5-7-9-21/h5-11,17-20H,12-16H2,1-4H3,(H,27,31)(H,28,30)/t20-/m1/s1. The maximum atomic E-state index is 13.3. The monoisotopic (exact) mass is 421 g/mol. The Bertz CT molecular complexity index is 887. The Labute approximate surface area is 186 Å². The second kappa shape index (κ2) is 10.5. The minimum atomic E-state index is -0.120. The molecule has 0 aromatic heterocycles. The van der Waals surface area contributed by atoms with E-state index in [2.05, 4.69) is 22.5 Å². The molecular formula is C26H35N3O2. The summed E-state index contributed by atoms with van der Waals surface area (Å²) in [6, 6.07) is 15.5. The quantitative estimate of drug-likeness (QED) is 0.629. The molecule has 0 saturated carbocycles. The fourth-order valence-electron chi connectivity index (χ4n) is 4.00. The summed E-state index contributed by atoms with van der Waals surface area (Å²) in [6.45, 7) is 10.2. The molecule has 1 aliphatic rings. The van der Waals surface area contributed by atoms with Gasteiger partial charge in [0.2, 0.25) is 5.91 Å². The van der Waals surface area contributed by atoms with Crippen molar-refractivity contribution >= 4 is 23.2 Å². The van der Waals surface area contributed by atoms with Crippen molar-refractivity contribution in [3.8, 4) is 0 Å². The zero-order chi connectivity index (χ0) is 22.4. The Hall–Kier alpha value is -2.82. The van der Waals surface area contributed by atoms with E-state index < -0.39 is 0 Å². The topological polar surface area (TPSA) is 61.4 Å². The molecule has 3 rings (SSSR count). The molecule has 5 heteroatoms. The highest BCUT2D eigenvalue weighted by Gasteiger charge is 2.23. The van der Waals surface area contributed by atoms with E-state index in [0.29, 0.717) is 23.6 Å². The Morgan fingerprint density at radius 3 is 2.35 bits per heavy atom. The van der Waals surface area contributed by atoms with Crippen LogP contribution >= 0.6 is 0 Å². The summed E-state index contributed by atoms with van der Waals surface area (Å²) in [6.07, 6.45) is 2.70. The van der Waals surface area contributed by atoms with Gasteiger partial charge in [-0.15, -0.1) is 0 Å². The number of amides is 2. The van der Waals surface area contributed by atoms with Crippen LogP contribution in [0.1, 0.15) is 68.9 Å². The number of nitrogens with one attached hydrogen (secondary N) is 2. The first kappa shape index (κ1) is 22.9. The SMILES string of the molecule is CC(C)CC(=O)Nc1ccc(N2CCC(C)CC2)c(C(=O)N[C@H](C)c2ccccc2)c1. The summed E-state index contributed by atoms with van der Waals surface area (Å²) in [7, 11) is 0. The van der Waals surface area contributed by atoms with Crippen molar-refractivity contribution < 1.29 is 9.59 Å². The number of hydrogen-bond donors (Lipinski definition) is 2. The van der Waals surface area contributed by atoms with Gasteiger partial charge in [-0.3, -0.25) is 9.59 Å². The van der Waals surface area contributed by atoms with Crippen LogP contribution < -0.4 is 15.5 Å². The Morgan fingerprint density at radius 1 is 1.03 bits per heavy atom. The number of carbonyl (C=O) groups excluding carboxylic acids is 2. The summed E-state index contributed by atoms with van der Waals surface area (Å²) in [5.74, 6) is 0.842. The van der Waals surface area contributed by atoms with Crippen molar-refractivity contribution in [1.82, 2.24) is 5.32 Å². The molecule has 1 aliphatic heterocycles. The molecule has 166 valence electrons. The summed E-state index contributed by atoms with van der Waals surface area (Å²) >= 11 is 0. The highest BCUT2D eigenvalue weighted by atomic mass is 16.2. The summed E-state index contributed by atoms with van der Waals surface area (Å²) in [5, 5.41) is 6.09. The van der Waals surface area contributed by atoms with Crippen molar-refractivity contribution in [3.63, 3.8) is 0 Å². The van der Waals surface area contributed by atoms with Crippen molar-refractivity contribution in [2.75, 3.05) is 23.3 Å². The molecule has 0 aliphatic carbocycles. The lowest BCUT2D eigenvalue weighted by molar-refractivity contribution is -0.116. The first-order valence-corrected chi connectivity index (χ1v) is 11.4. The molecule has 1 fully saturated rings. The third-order valence-electron chi connectivity index (χ3n) is 5.89. The lowest BCUT2D eigenvalue weighted by Gasteiger charge is -2.33. The van der Waals surface area contributed by atoms with E-state index in [0.717, 1.165) is 37.2 Å². The summed E-state index contributed by atoms with van der Waals surface area (Å²) in [4.78, 5) is 27.9. The smallest absolute Gasteiger partial charge is 0.253 e. The van der Waals surface area contributed by atoms with Crippen LogP contribution in [0.25, 0.3) is 0 Å². The molecule has 0 radical (unpaired) electrons. The second-order valence-corrected chi connectivity index (χ2v) is 9.15. The van der Waals surface area contributed by atoms with E-state index >= 15 is 0 Å². The van der Waals surface area contributed by atoms with E-state index in [1.807, 2.05) is 69.3 Å². The van der Waals surface area contributed by atoms with Crippen molar-refractivity contribution in [2.24, 2.45) is 11.8 Å². The van der Waals surface area contributed by atoms with E-state index in [1.54, 1.807) is 0 Å². The average Bonchev–Trinajstić information content (AvgIpc) is 2.74. The van der Waals surface area contributed by atoms with Crippen molar-refractivity contribution in [1.29, 1.82) is 0 Å². The Balaban J connectivity index is 1.84. The number of anilines is 2. The third kappa shape index (κ3) is 6.33. The van der Waals surface area contributed by atoms with Crippen molar-refractivity contribution in [3.05, 3.63) is 59.7 Å². The van der Waals surface area contributed by atoms with Gasteiger partial charge in [-0.2, -0.15) is 0 Å². The zero-order valence-corrected chi connectivity index (χ0v) is 19.2. The predicted octanol–water partition coefficient (Wildman–Crippen LogP) is 5.40. The van der Waals surface area contributed by atoms with Gasteiger partial charge in [-0.25, -0.2) is 0 Å². The van der Waals surface area contributed by atoms with Gasteiger partial charge in [0.1, 0.15) is 0 Å². The van der Waals surface area contributed by atoms with Crippen molar-refractivity contribution in [2.45, 2.75) is 53.0 Å². The van der Waals surface area contributed by atoms with Crippen LogP contribution in [0.5, 0.6) is 0 Å². The van der Waals surface area contributed by atoms with E-state index in [4.69, 9.17) is 0 Å². The summed E-state index contributed by atoms with van der Waals surface area (Å²) in [5.41, 5.74) is 3.27. The number of nitrogens with zero attached hydrogens (tertiary/aromatic N) is 1. The molecule has 2 amide bonds. The highest BCUT2D eigenvalue weighted by molar-refractivity contribution is 6.02. The normalized spacial score (nSPS) is 15.6. The van der Waals surface area contributed by atoms with E-state index in [-0.39, 0.29) is 23.8 Å². The lowest BCUT2D eigenvalue weighted by Crippen LogP contribution is -2.35. The van der Waals surface area contributed by atoms with E-state index in [9.17, 15) is 9.59 Å². The minimum absolute atomic E-state index is 0.0291. The number of hydrogen-bond acceptors (Lipinski definition) is 3. The molecule has 31 heavy (non-hydrogen) atoms. The number of rotatable bonds is 7. The lowest BCUT2D eigenvalue weighted by atomic mass is 9.97. The number of carbonyl (C=O) groups is 2. The molecular weight excluding hydrogens is 386 g/mol. The zero-order valence-electron chi connectivity index (χ0n) is 19.2. The molecule has 2 aromatic carbocycles. The number of piperidine rings is 1. The number of benzene rings is 2. The maximum Gasteiger partial charge on any atom is 0.253 e. The molecule has 1 atom stereocenters. The van der Waals surface area contributed by atoms with Gasteiger partial charge in [0.25, 0.3) is 5.91 Å². The fourth-order valence-corrected chi connectivity index (χ4v) is 4.00. The first-order valence-electron chi connectivity index (χ1n) is 11.4. The molecule has 0 bridgehead atoms. The van der Waals surface area contributed by atoms with Crippen LogP contribution in [0.3, 0.4) is 0 Å². The van der Waals surface area contributed by atoms with Gasteiger partial charge in [0.05, 0.1) is 11.6 Å². The van der Waals surface area contributed by atoms with Crippen LogP contribution in [0.15, 0.2) is 48.5 Å². The average molecular weight is 422 g/mol. The van der Waals surface area contributed by atoms with Crippen LogP contribution in [0, 0.1) is 11.8 Å². The van der Waals surface area contributed by atoms with Gasteiger partial charge in [0.15, 0.2) is 0 Å². The molecule has 5 nitrogen and oxygen atoms in total. The van der Waals surface area contributed by atoms with Gasteiger partial charge >= 0.3 is 0 Å². The molecule has 2 N–H and O–H groups in total. The molecule has 0 spiro atoms. The van der Waals surface area contributed by atoms with Crippen LogP contribution in [-0.4, -0.2) is 24.9 Å². The minimum Gasteiger partial charge on any atom is -0.371 e. The Morgan fingerprint density at radius 2 is 1.71 bits per heavy atom. The third-order valence-corrected chi connectivity index (χ3v) is 5.89. The largest absolute Gasteiger partial charge is 0.371 e. The molecule has 1 heterocycles. The fraction of sp³-hybridized carbons (Fsp3) is 0.462. The van der Waals surface area contributed by atoms with Gasteiger partial charge in [-0.05, 0) is 55.4 Å². The van der Waals surface area contributed by atoms with E-state index in [1.165, 1.54) is 0 Å². The van der Waals surface area contributed by atoms with Crippen LogP contribution in [0.4, 0.5) is 11.4 Å². The molecule has 1 saturated heterocycles. The van der Waals surface area contributed by atoms with Gasteiger partial charge in [-0.1, -0.05) is 51.1 Å². The van der Waals surface area contributed by atoms with Gasteiger partial charge in [0, 0.05) is 30.9 Å². The maximum absolute atomic E-state index is 13.3. The van der Waals surface area contributed by atoms with Crippen LogP contribution in [0.2, 0.25) is 0 Å². The summed E-state index contributed by atoms with van der Waals surface area (Å²) < 4.78 is 0. The van der Waals surface area contributed by atoms with Crippen LogP contribution in [-0.2, 0) is 4.79 Å². The second-order valence-electron chi connectivity index (χ2n) is 9.15. The Kier molecular flexibility index (Phi) is 7.72. The first-order chi connectivity index (χ1) is 14.8. The molecule has 0 unspecified atom stereocenters.